The molecule has 0 saturated heterocycles. The molecule has 0 N–H and O–H groups in total. The zero-order valence-electron chi connectivity index (χ0n) is 10.6. The van der Waals surface area contributed by atoms with Crippen molar-refractivity contribution >= 4 is 11.9 Å². The van der Waals surface area contributed by atoms with Crippen molar-refractivity contribution < 1.29 is 9.53 Å². The van der Waals surface area contributed by atoms with Gasteiger partial charge in [0, 0.05) is 6.92 Å². The first-order valence-electron chi connectivity index (χ1n) is 6.56. The molecule has 0 aromatic heterocycles. The predicted molar refractivity (Wildman–Crippen MR) is 69.3 cm³/mol. The van der Waals surface area contributed by atoms with Crippen LogP contribution < -0.4 is 0 Å². The van der Waals surface area contributed by atoms with Gasteiger partial charge in [0.25, 0.3) is 0 Å². The molecule has 3 nitrogen and oxygen atoms in total. The van der Waals surface area contributed by atoms with Gasteiger partial charge in [0.1, 0.15) is 5.54 Å². The molecule has 3 heteroatoms. The molecule has 94 valence electrons. The molecule has 1 aliphatic carbocycles. The summed E-state index contributed by atoms with van der Waals surface area (Å²) in [6.07, 6.45) is 4.02. The molecule has 1 aliphatic heterocycles. The number of hydrogen-bond acceptors (Lipinski definition) is 3. The zero-order chi connectivity index (χ0) is 12.6. The van der Waals surface area contributed by atoms with E-state index in [0.717, 1.165) is 31.2 Å². The topological polar surface area (TPSA) is 38.7 Å². The van der Waals surface area contributed by atoms with Crippen LogP contribution in [0.3, 0.4) is 0 Å². The Balaban J connectivity index is 2.14. The van der Waals surface area contributed by atoms with E-state index >= 15 is 0 Å². The maximum absolute atomic E-state index is 12.1. The van der Waals surface area contributed by atoms with E-state index in [0.29, 0.717) is 5.90 Å². The first kappa shape index (κ1) is 11.5. The molecule has 1 saturated carbocycles. The van der Waals surface area contributed by atoms with Crippen molar-refractivity contribution in [2.75, 3.05) is 0 Å². The third-order valence-corrected chi connectivity index (χ3v) is 4.04. The Morgan fingerprint density at radius 2 is 2.06 bits per heavy atom. The first-order chi connectivity index (χ1) is 8.72. The zero-order valence-corrected chi connectivity index (χ0v) is 10.6. The van der Waals surface area contributed by atoms with E-state index in [1.807, 2.05) is 18.2 Å². The van der Waals surface area contributed by atoms with E-state index in [1.165, 1.54) is 0 Å². The molecule has 1 aromatic rings. The number of nitrogens with zero attached hydrogens (tertiary/aromatic N) is 1. The minimum absolute atomic E-state index is 0.106. The Kier molecular flexibility index (Phi) is 2.69. The van der Waals surface area contributed by atoms with Crippen LogP contribution in [0.15, 0.2) is 35.3 Å². The van der Waals surface area contributed by atoms with Crippen molar-refractivity contribution in [1.29, 1.82) is 0 Å². The summed E-state index contributed by atoms with van der Waals surface area (Å²) in [6.45, 7) is 1.77. The normalized spacial score (nSPS) is 31.3. The van der Waals surface area contributed by atoms with Gasteiger partial charge in [0.15, 0.2) is 5.90 Å². The fourth-order valence-electron chi connectivity index (χ4n) is 3.26. The summed E-state index contributed by atoms with van der Waals surface area (Å²) in [5.74, 6) is 0.283. The van der Waals surface area contributed by atoms with Gasteiger partial charge < -0.3 is 4.74 Å². The molecule has 3 rings (SSSR count). The first-order valence-corrected chi connectivity index (χ1v) is 6.56. The molecular formula is C15H17NO2. The number of rotatable bonds is 1. The van der Waals surface area contributed by atoms with E-state index < -0.39 is 0 Å². The van der Waals surface area contributed by atoms with Crippen LogP contribution in [0, 0.1) is 5.92 Å². The van der Waals surface area contributed by atoms with Crippen molar-refractivity contribution in [3.8, 4) is 0 Å². The third kappa shape index (κ3) is 1.65. The number of hydrogen-bond donors (Lipinski definition) is 0. The van der Waals surface area contributed by atoms with Crippen LogP contribution in [0.5, 0.6) is 0 Å². The lowest BCUT2D eigenvalue weighted by Crippen LogP contribution is -2.46. The summed E-state index contributed by atoms with van der Waals surface area (Å²) in [7, 11) is 0. The summed E-state index contributed by atoms with van der Waals surface area (Å²) in [6, 6.07) is 10.2. The van der Waals surface area contributed by atoms with E-state index in [9.17, 15) is 4.79 Å². The second-order valence-electron chi connectivity index (χ2n) is 5.14. The molecule has 0 amide bonds. The van der Waals surface area contributed by atoms with Crippen LogP contribution in [-0.2, 0) is 15.1 Å². The minimum atomic E-state index is -0.376. The number of aliphatic imine (C=N–C) groups is 1. The third-order valence-electron chi connectivity index (χ3n) is 4.04. The molecule has 0 bridgehead atoms. The fourth-order valence-corrected chi connectivity index (χ4v) is 3.26. The smallest absolute Gasteiger partial charge is 0.318 e. The quantitative estimate of drug-likeness (QED) is 0.711. The van der Waals surface area contributed by atoms with Gasteiger partial charge in [-0.3, -0.25) is 4.79 Å². The maximum Gasteiger partial charge on any atom is 0.318 e. The van der Waals surface area contributed by atoms with Crippen LogP contribution in [0.1, 0.15) is 38.2 Å². The molecule has 0 spiro atoms. The van der Waals surface area contributed by atoms with Crippen LogP contribution in [0.2, 0.25) is 0 Å². The van der Waals surface area contributed by atoms with Gasteiger partial charge in [-0.25, -0.2) is 4.99 Å². The van der Waals surface area contributed by atoms with Crippen molar-refractivity contribution in [3.63, 3.8) is 0 Å². The number of benzene rings is 1. The molecule has 2 aliphatic rings. The Bertz CT molecular complexity index is 494. The van der Waals surface area contributed by atoms with E-state index in [2.05, 4.69) is 12.1 Å². The van der Waals surface area contributed by atoms with Gasteiger partial charge in [0.05, 0.1) is 5.92 Å². The highest BCUT2D eigenvalue weighted by Gasteiger charge is 2.49. The van der Waals surface area contributed by atoms with E-state index in [4.69, 9.17) is 9.73 Å². The fraction of sp³-hybridized carbons (Fsp3) is 0.467. The molecular weight excluding hydrogens is 226 g/mol. The lowest BCUT2D eigenvalue weighted by Gasteiger charge is -2.42. The van der Waals surface area contributed by atoms with Crippen LogP contribution >= 0.6 is 0 Å². The summed E-state index contributed by atoms with van der Waals surface area (Å²) < 4.78 is 5.21. The maximum atomic E-state index is 12.1. The highest BCUT2D eigenvalue weighted by Crippen LogP contribution is 2.47. The highest BCUT2D eigenvalue weighted by atomic mass is 16.5. The Morgan fingerprint density at radius 1 is 1.28 bits per heavy atom. The molecule has 1 fully saturated rings. The number of esters is 1. The standard InChI is InChI=1S/C15H17NO2/c1-11-16-15(12-7-3-2-4-8-12)10-6-5-9-13(15)14(17)18-11/h2-4,7-8,13H,5-6,9-10H2,1H3/t13?,15-/m1/s1. The Morgan fingerprint density at radius 3 is 2.83 bits per heavy atom. The average molecular weight is 243 g/mol. The van der Waals surface area contributed by atoms with Gasteiger partial charge >= 0.3 is 5.97 Å². The Hall–Kier alpha value is -1.64. The van der Waals surface area contributed by atoms with E-state index in [-0.39, 0.29) is 17.4 Å². The van der Waals surface area contributed by atoms with Crippen molar-refractivity contribution in [2.24, 2.45) is 10.9 Å². The minimum Gasteiger partial charge on any atom is -0.412 e. The summed E-state index contributed by atoms with van der Waals surface area (Å²) in [5.41, 5.74) is 0.768. The monoisotopic (exact) mass is 243 g/mol. The summed E-state index contributed by atoms with van der Waals surface area (Å²) in [4.78, 5) is 16.8. The summed E-state index contributed by atoms with van der Waals surface area (Å²) in [5, 5.41) is 0. The molecule has 1 unspecified atom stereocenters. The second-order valence-corrected chi connectivity index (χ2v) is 5.14. The number of carbonyl (C=O) groups is 1. The lowest BCUT2D eigenvalue weighted by atomic mass is 9.68. The van der Waals surface area contributed by atoms with Gasteiger partial charge in [-0.05, 0) is 18.4 Å². The second kappa shape index (κ2) is 4.23. The number of ether oxygens (including phenoxy) is 1. The summed E-state index contributed by atoms with van der Waals surface area (Å²) >= 11 is 0. The van der Waals surface area contributed by atoms with Crippen LogP contribution in [0.25, 0.3) is 0 Å². The van der Waals surface area contributed by atoms with E-state index in [1.54, 1.807) is 6.92 Å². The SMILES string of the molecule is CC1=N[C@@]2(c3ccccc3)CCCCC2C(=O)O1. The molecule has 2 atom stereocenters. The predicted octanol–water partition coefficient (Wildman–Crippen LogP) is 3.05. The number of carbonyl (C=O) groups excluding carboxylic acids is 1. The lowest BCUT2D eigenvalue weighted by molar-refractivity contribution is -0.146. The Labute approximate surface area is 107 Å². The van der Waals surface area contributed by atoms with Gasteiger partial charge in [0.2, 0.25) is 0 Å². The molecule has 1 heterocycles. The highest BCUT2D eigenvalue weighted by molar-refractivity contribution is 5.92. The van der Waals surface area contributed by atoms with Gasteiger partial charge in [-0.1, -0.05) is 43.2 Å². The van der Waals surface area contributed by atoms with Crippen molar-refractivity contribution in [2.45, 2.75) is 38.1 Å². The van der Waals surface area contributed by atoms with Gasteiger partial charge in [-0.2, -0.15) is 0 Å². The van der Waals surface area contributed by atoms with Gasteiger partial charge in [-0.15, -0.1) is 0 Å². The van der Waals surface area contributed by atoms with Crippen molar-refractivity contribution in [1.82, 2.24) is 0 Å². The number of fused-ring (bicyclic) bond motifs is 1. The molecule has 18 heavy (non-hydrogen) atoms. The van der Waals surface area contributed by atoms with Crippen molar-refractivity contribution in [3.05, 3.63) is 35.9 Å². The molecule has 1 aromatic carbocycles. The van der Waals surface area contributed by atoms with Crippen LogP contribution in [0.4, 0.5) is 0 Å². The largest absolute Gasteiger partial charge is 0.412 e. The number of cyclic esters (lactones) is 1. The van der Waals surface area contributed by atoms with Crippen LogP contribution in [-0.4, -0.2) is 11.9 Å². The molecule has 0 radical (unpaired) electrons. The average Bonchev–Trinajstić information content (AvgIpc) is 2.39.